The fourth-order valence-corrected chi connectivity index (χ4v) is 7.06. The predicted molar refractivity (Wildman–Crippen MR) is 186 cm³/mol. The number of fused-ring (bicyclic) bond motifs is 8. The third-order valence-electron chi connectivity index (χ3n) is 9.01. The Kier molecular flexibility index (Phi) is 5.22. The van der Waals surface area contributed by atoms with Crippen molar-refractivity contribution in [1.82, 2.24) is 19.5 Å². The first-order valence-corrected chi connectivity index (χ1v) is 15.4. The minimum absolute atomic E-state index is 0.583. The van der Waals surface area contributed by atoms with Crippen molar-refractivity contribution in [2.75, 3.05) is 0 Å². The van der Waals surface area contributed by atoms with Gasteiger partial charge in [-0.2, -0.15) is 0 Å². The Morgan fingerprint density at radius 1 is 0.457 bits per heavy atom. The maximum Gasteiger partial charge on any atom is 0.237 e. The molecule has 5 heteroatoms. The van der Waals surface area contributed by atoms with Gasteiger partial charge < -0.3 is 4.42 Å². The maximum absolute atomic E-state index is 6.36. The Hall–Kier alpha value is -6.33. The summed E-state index contributed by atoms with van der Waals surface area (Å²) >= 11 is 0. The van der Waals surface area contributed by atoms with Crippen molar-refractivity contribution in [3.8, 4) is 39.7 Å². The van der Waals surface area contributed by atoms with Gasteiger partial charge in [0.25, 0.3) is 0 Å². The summed E-state index contributed by atoms with van der Waals surface area (Å²) in [6, 6.07) is 50.0. The first kappa shape index (κ1) is 25.0. The van der Waals surface area contributed by atoms with E-state index in [2.05, 4.69) is 102 Å². The molecule has 46 heavy (non-hydrogen) atoms. The highest BCUT2D eigenvalue weighted by molar-refractivity contribution is 6.20. The minimum atomic E-state index is 0.583. The largest absolute Gasteiger partial charge is 0.456 e. The van der Waals surface area contributed by atoms with Gasteiger partial charge in [0.05, 0.1) is 22.2 Å². The van der Waals surface area contributed by atoms with Gasteiger partial charge in [0.1, 0.15) is 17.0 Å². The van der Waals surface area contributed by atoms with Crippen molar-refractivity contribution in [1.29, 1.82) is 0 Å². The summed E-state index contributed by atoms with van der Waals surface area (Å²) in [6.07, 6.45) is 0. The lowest BCUT2D eigenvalue weighted by molar-refractivity contribution is 0.669. The Morgan fingerprint density at radius 3 is 1.96 bits per heavy atom. The Balaban J connectivity index is 1.39. The van der Waals surface area contributed by atoms with Crippen LogP contribution in [0.1, 0.15) is 0 Å². The van der Waals surface area contributed by atoms with Crippen LogP contribution in [-0.4, -0.2) is 19.5 Å². The molecule has 0 radical (unpaired) electrons. The second-order valence-electron chi connectivity index (χ2n) is 11.6. The molecule has 8 aromatic rings. The third-order valence-corrected chi connectivity index (χ3v) is 9.01. The highest BCUT2D eigenvalue weighted by Gasteiger charge is 2.28. The summed E-state index contributed by atoms with van der Waals surface area (Å²) in [6.45, 7) is 0. The molecule has 2 aliphatic rings. The molecular weight excluding hydrogens is 564 g/mol. The molecular formula is C41H24N4O. The molecule has 0 aliphatic carbocycles. The second kappa shape index (κ2) is 9.58. The van der Waals surface area contributed by atoms with Crippen LogP contribution in [-0.2, 0) is 0 Å². The molecule has 6 aromatic carbocycles. The molecule has 10 rings (SSSR count). The summed E-state index contributed by atoms with van der Waals surface area (Å²) in [5, 5.41) is 5.37. The Labute approximate surface area is 263 Å². The number of para-hydroxylation sites is 4. The number of pyridine rings is 1. The second-order valence-corrected chi connectivity index (χ2v) is 11.6. The van der Waals surface area contributed by atoms with Gasteiger partial charge in [-0.1, -0.05) is 115 Å². The molecule has 4 heterocycles. The molecule has 0 unspecified atom stereocenters. The lowest BCUT2D eigenvalue weighted by atomic mass is 9.90. The molecule has 0 fully saturated rings. The Bertz CT molecular complexity index is 2760. The first-order valence-electron chi connectivity index (χ1n) is 15.4. The van der Waals surface area contributed by atoms with Gasteiger partial charge in [-0.05, 0) is 35.9 Å². The zero-order valence-corrected chi connectivity index (χ0v) is 24.6. The number of rotatable bonds is 3. The van der Waals surface area contributed by atoms with Crippen LogP contribution in [0.4, 0.5) is 0 Å². The van der Waals surface area contributed by atoms with E-state index in [4.69, 9.17) is 19.4 Å². The van der Waals surface area contributed by atoms with Crippen LogP contribution < -0.4 is 0 Å². The van der Waals surface area contributed by atoms with E-state index >= 15 is 0 Å². The van der Waals surface area contributed by atoms with Crippen LogP contribution in [0.5, 0.6) is 0 Å². The van der Waals surface area contributed by atoms with Crippen molar-refractivity contribution in [3.63, 3.8) is 0 Å². The van der Waals surface area contributed by atoms with Gasteiger partial charge in [0, 0.05) is 43.6 Å². The zero-order valence-electron chi connectivity index (χ0n) is 24.6. The quantitative estimate of drug-likeness (QED) is 0.206. The number of furan rings is 1. The van der Waals surface area contributed by atoms with E-state index < -0.39 is 0 Å². The van der Waals surface area contributed by atoms with Crippen molar-refractivity contribution in [3.05, 3.63) is 146 Å². The average Bonchev–Trinajstić information content (AvgIpc) is 3.69. The Morgan fingerprint density at radius 2 is 1.11 bits per heavy atom. The lowest BCUT2D eigenvalue weighted by Crippen LogP contribution is -2.10. The summed E-state index contributed by atoms with van der Waals surface area (Å²) in [5.41, 5.74) is 9.75. The van der Waals surface area contributed by atoms with Crippen LogP contribution in [0.3, 0.4) is 0 Å². The van der Waals surface area contributed by atoms with Crippen molar-refractivity contribution >= 4 is 54.6 Å². The van der Waals surface area contributed by atoms with Crippen LogP contribution in [0.2, 0.25) is 0 Å². The van der Waals surface area contributed by atoms with E-state index in [1.54, 1.807) is 0 Å². The van der Waals surface area contributed by atoms with E-state index in [-0.39, 0.29) is 0 Å². The maximum atomic E-state index is 6.36. The van der Waals surface area contributed by atoms with E-state index in [9.17, 15) is 0 Å². The first-order chi connectivity index (χ1) is 22.8. The molecule has 0 spiro atoms. The molecule has 0 saturated carbocycles. The summed E-state index contributed by atoms with van der Waals surface area (Å²) in [5.74, 6) is 1.40. The van der Waals surface area contributed by atoms with Gasteiger partial charge in [-0.3, -0.25) is 4.57 Å². The van der Waals surface area contributed by atoms with Gasteiger partial charge in [-0.15, -0.1) is 0 Å². The van der Waals surface area contributed by atoms with E-state index in [0.29, 0.717) is 5.95 Å². The number of nitrogens with zero attached hydrogens (tertiary/aromatic N) is 4. The molecule has 0 saturated heterocycles. The summed E-state index contributed by atoms with van der Waals surface area (Å²) in [7, 11) is 0. The zero-order chi connectivity index (χ0) is 30.2. The number of hydrogen-bond acceptors (Lipinski definition) is 4. The number of hydrogen-bond donors (Lipinski definition) is 0. The molecule has 0 amide bonds. The highest BCUT2D eigenvalue weighted by Crippen LogP contribution is 2.48. The number of aromatic nitrogens is 4. The molecule has 0 atom stereocenters. The third kappa shape index (κ3) is 3.54. The van der Waals surface area contributed by atoms with Gasteiger partial charge in [-0.25, -0.2) is 15.0 Å². The average molecular weight is 589 g/mol. The van der Waals surface area contributed by atoms with Crippen LogP contribution >= 0.6 is 0 Å². The normalized spacial score (nSPS) is 11.9. The monoisotopic (exact) mass is 588 g/mol. The van der Waals surface area contributed by atoms with Crippen LogP contribution in [0.25, 0.3) is 94.4 Å². The standard InChI is InChI=1S/C41H24N4O/c1-2-13-25(14-3-1)39-27-16-5-9-21-32(27)43-41(44-39)45-33-22-10-6-17-28(33)37(38-26-15-4-8-20-31(26)42-40(38)45)30-19-12-24-35-36(30)29-18-7-11-23-34(29)46-35/h1-24H. The topological polar surface area (TPSA) is 56.7 Å². The van der Waals surface area contributed by atoms with Gasteiger partial charge in [0.15, 0.2) is 0 Å². The van der Waals surface area contributed by atoms with E-state index in [0.717, 1.165) is 88.4 Å². The van der Waals surface area contributed by atoms with E-state index in [1.165, 1.54) is 0 Å². The molecule has 2 aromatic heterocycles. The molecule has 2 aliphatic heterocycles. The summed E-state index contributed by atoms with van der Waals surface area (Å²) in [4.78, 5) is 15.8. The van der Waals surface area contributed by atoms with Crippen molar-refractivity contribution in [2.45, 2.75) is 0 Å². The molecule has 5 nitrogen and oxygen atoms in total. The van der Waals surface area contributed by atoms with Gasteiger partial charge in [0.2, 0.25) is 5.95 Å². The van der Waals surface area contributed by atoms with E-state index in [1.807, 2.05) is 48.5 Å². The fourth-order valence-electron chi connectivity index (χ4n) is 7.06. The lowest BCUT2D eigenvalue weighted by Gasteiger charge is -2.21. The fraction of sp³-hybridized carbons (Fsp3) is 0. The molecule has 214 valence electrons. The van der Waals surface area contributed by atoms with Gasteiger partial charge >= 0.3 is 0 Å². The van der Waals surface area contributed by atoms with Crippen LogP contribution in [0, 0.1) is 0 Å². The number of benzene rings is 6. The summed E-state index contributed by atoms with van der Waals surface area (Å²) < 4.78 is 8.50. The highest BCUT2D eigenvalue weighted by atomic mass is 16.3. The molecule has 0 N–H and O–H groups in total. The predicted octanol–water partition coefficient (Wildman–Crippen LogP) is 10.5. The van der Waals surface area contributed by atoms with Crippen molar-refractivity contribution in [2.24, 2.45) is 0 Å². The SMILES string of the molecule is c1ccc(-c2nc(-n3c4nc5ccccc5c-4c(-c4cccc5oc6ccccc6c45)c4ccccc43)nc3ccccc23)cc1. The van der Waals surface area contributed by atoms with Crippen molar-refractivity contribution < 1.29 is 4.42 Å². The van der Waals surface area contributed by atoms with Crippen LogP contribution in [0.15, 0.2) is 150 Å². The minimum Gasteiger partial charge on any atom is -0.456 e. The smallest absolute Gasteiger partial charge is 0.237 e. The molecule has 0 bridgehead atoms.